The number of rotatable bonds is 12. The molecule has 0 aromatic rings. The second-order valence-corrected chi connectivity index (χ2v) is 5.59. The van der Waals surface area contributed by atoms with Gasteiger partial charge in [-0.1, -0.05) is 64.7 Å². The molecule has 0 spiro atoms. The molecule has 0 radical (unpaired) electrons. The molecule has 0 rings (SSSR count). The van der Waals surface area contributed by atoms with E-state index in [9.17, 15) is 4.57 Å². The van der Waals surface area contributed by atoms with Crippen LogP contribution in [0, 0.1) is 0 Å². The van der Waals surface area contributed by atoms with Crippen molar-refractivity contribution in [2.45, 2.75) is 71.1 Å². The molecule has 0 heterocycles. The summed E-state index contributed by atoms with van der Waals surface area (Å²) >= 11 is 0. The predicted molar refractivity (Wildman–Crippen MR) is 71.3 cm³/mol. The Hall–Kier alpha value is 0.0600. The zero-order chi connectivity index (χ0) is 12.1. The molecular weight excluding hydrogens is 219 g/mol. The van der Waals surface area contributed by atoms with Crippen LogP contribution < -0.4 is 0 Å². The van der Waals surface area contributed by atoms with E-state index in [4.69, 9.17) is 4.52 Å². The fourth-order valence-corrected chi connectivity index (χ4v) is 2.17. The van der Waals surface area contributed by atoms with Gasteiger partial charge in [0.25, 0.3) is 0 Å². The van der Waals surface area contributed by atoms with Crippen molar-refractivity contribution in [3.05, 3.63) is 0 Å². The van der Waals surface area contributed by atoms with E-state index >= 15 is 0 Å². The van der Waals surface area contributed by atoms with E-state index in [2.05, 4.69) is 6.92 Å². The third-order valence-electron chi connectivity index (χ3n) is 2.77. The summed E-state index contributed by atoms with van der Waals surface area (Å²) in [7, 11) is -1.39. The van der Waals surface area contributed by atoms with E-state index in [-0.39, 0.29) is 0 Å². The van der Waals surface area contributed by atoms with E-state index in [0.29, 0.717) is 6.61 Å². The highest BCUT2D eigenvalue weighted by molar-refractivity contribution is 7.38. The minimum absolute atomic E-state index is 0.669. The molecule has 0 aliphatic heterocycles. The first kappa shape index (κ1) is 16.1. The van der Waals surface area contributed by atoms with Gasteiger partial charge in [0.05, 0.1) is 0 Å². The van der Waals surface area contributed by atoms with Crippen LogP contribution in [0.3, 0.4) is 0 Å². The lowest BCUT2D eigenvalue weighted by molar-refractivity contribution is 0.318. The first-order valence-electron chi connectivity index (χ1n) is 6.81. The van der Waals surface area contributed by atoms with Gasteiger partial charge in [-0.15, -0.1) is 4.52 Å². The fraction of sp³-hybridized carbons (Fsp3) is 1.00. The van der Waals surface area contributed by atoms with Crippen molar-refractivity contribution in [1.82, 2.24) is 0 Å². The van der Waals surface area contributed by atoms with Gasteiger partial charge < -0.3 is 0 Å². The second-order valence-electron chi connectivity index (χ2n) is 4.45. The van der Waals surface area contributed by atoms with Crippen LogP contribution >= 0.6 is 8.03 Å². The standard InChI is InChI=1S/C13H28O2P/c1-3-4-5-6-7-8-9-10-11-12-13-15-16(2)14/h3-13H2,1-2H3/q+1. The van der Waals surface area contributed by atoms with Crippen LogP contribution in [0.2, 0.25) is 0 Å². The Bertz CT molecular complexity index is 160. The molecule has 0 bridgehead atoms. The van der Waals surface area contributed by atoms with Gasteiger partial charge in [-0.05, 0) is 11.0 Å². The minimum atomic E-state index is -1.39. The van der Waals surface area contributed by atoms with Gasteiger partial charge in [0.1, 0.15) is 6.61 Å². The lowest BCUT2D eigenvalue weighted by Gasteiger charge is -2.00. The summed E-state index contributed by atoms with van der Waals surface area (Å²) in [5.74, 6) is 0. The molecule has 0 fully saturated rings. The normalized spacial score (nSPS) is 11.8. The minimum Gasteiger partial charge on any atom is -0.147 e. The van der Waals surface area contributed by atoms with Gasteiger partial charge in [-0.25, -0.2) is 0 Å². The first-order chi connectivity index (χ1) is 7.77. The lowest BCUT2D eigenvalue weighted by atomic mass is 10.1. The summed E-state index contributed by atoms with van der Waals surface area (Å²) in [5.41, 5.74) is 0. The molecule has 2 nitrogen and oxygen atoms in total. The van der Waals surface area contributed by atoms with Gasteiger partial charge in [-0.2, -0.15) is 0 Å². The number of hydrogen-bond donors (Lipinski definition) is 0. The highest BCUT2D eigenvalue weighted by Gasteiger charge is 2.04. The molecule has 96 valence electrons. The van der Waals surface area contributed by atoms with Crippen LogP contribution in [0.25, 0.3) is 0 Å². The van der Waals surface area contributed by atoms with Crippen LogP contribution in [0.15, 0.2) is 0 Å². The Morgan fingerprint density at radius 1 is 0.812 bits per heavy atom. The molecule has 0 N–H and O–H groups in total. The smallest absolute Gasteiger partial charge is 0.147 e. The van der Waals surface area contributed by atoms with Crippen molar-refractivity contribution in [1.29, 1.82) is 0 Å². The zero-order valence-electron chi connectivity index (χ0n) is 11.0. The van der Waals surface area contributed by atoms with Crippen molar-refractivity contribution in [2.75, 3.05) is 13.3 Å². The third kappa shape index (κ3) is 14.1. The average molecular weight is 247 g/mol. The van der Waals surface area contributed by atoms with Crippen molar-refractivity contribution in [2.24, 2.45) is 0 Å². The van der Waals surface area contributed by atoms with Crippen LogP contribution in [0.5, 0.6) is 0 Å². The summed E-state index contributed by atoms with van der Waals surface area (Å²) in [6, 6.07) is 0. The van der Waals surface area contributed by atoms with Gasteiger partial charge in [0, 0.05) is 0 Å². The number of unbranched alkanes of at least 4 members (excludes halogenated alkanes) is 9. The highest BCUT2D eigenvalue weighted by Crippen LogP contribution is 2.16. The molecule has 1 unspecified atom stereocenters. The monoisotopic (exact) mass is 247 g/mol. The van der Waals surface area contributed by atoms with Crippen LogP contribution in [-0.2, 0) is 9.09 Å². The third-order valence-corrected chi connectivity index (χ3v) is 3.32. The summed E-state index contributed by atoms with van der Waals surface area (Å²) in [6.45, 7) is 4.54. The van der Waals surface area contributed by atoms with Crippen LogP contribution in [0.1, 0.15) is 71.1 Å². The fourth-order valence-electron chi connectivity index (χ4n) is 1.78. The van der Waals surface area contributed by atoms with Crippen LogP contribution in [-0.4, -0.2) is 13.3 Å². The quantitative estimate of drug-likeness (QED) is 0.345. The molecule has 0 amide bonds. The topological polar surface area (TPSA) is 26.3 Å². The van der Waals surface area contributed by atoms with E-state index in [1.807, 2.05) is 0 Å². The Morgan fingerprint density at radius 3 is 1.69 bits per heavy atom. The van der Waals surface area contributed by atoms with Crippen molar-refractivity contribution in [3.63, 3.8) is 0 Å². The summed E-state index contributed by atoms with van der Waals surface area (Å²) < 4.78 is 15.7. The summed E-state index contributed by atoms with van der Waals surface area (Å²) in [5, 5.41) is 0. The predicted octanol–water partition coefficient (Wildman–Crippen LogP) is 5.30. The molecule has 0 aromatic heterocycles. The first-order valence-corrected chi connectivity index (χ1v) is 8.43. The van der Waals surface area contributed by atoms with Gasteiger partial charge in [-0.3, -0.25) is 0 Å². The summed E-state index contributed by atoms with van der Waals surface area (Å²) in [6.07, 6.45) is 13.3. The van der Waals surface area contributed by atoms with Gasteiger partial charge in [0.2, 0.25) is 0 Å². The Labute approximate surface area is 102 Å². The van der Waals surface area contributed by atoms with E-state index in [0.717, 1.165) is 6.42 Å². The maximum Gasteiger partial charge on any atom is 0.504 e. The Morgan fingerprint density at radius 2 is 1.25 bits per heavy atom. The molecular formula is C13H28O2P+. The second kappa shape index (κ2) is 13.1. The molecule has 0 saturated heterocycles. The van der Waals surface area contributed by atoms with Crippen molar-refractivity contribution < 1.29 is 9.09 Å². The molecule has 3 heteroatoms. The highest BCUT2D eigenvalue weighted by atomic mass is 31.1. The van der Waals surface area contributed by atoms with E-state index < -0.39 is 8.03 Å². The van der Waals surface area contributed by atoms with E-state index in [1.54, 1.807) is 6.66 Å². The molecule has 0 aliphatic rings. The number of hydrogen-bond acceptors (Lipinski definition) is 2. The lowest BCUT2D eigenvalue weighted by Crippen LogP contribution is -1.87. The maximum atomic E-state index is 10.6. The Kier molecular flexibility index (Phi) is 13.2. The Balaban J connectivity index is 2.90. The average Bonchev–Trinajstić information content (AvgIpc) is 2.25. The summed E-state index contributed by atoms with van der Waals surface area (Å²) in [4.78, 5) is 0. The zero-order valence-corrected chi connectivity index (χ0v) is 11.9. The maximum absolute atomic E-state index is 10.6. The van der Waals surface area contributed by atoms with Gasteiger partial charge >= 0.3 is 8.03 Å². The molecule has 1 atom stereocenters. The molecule has 0 saturated carbocycles. The molecule has 16 heavy (non-hydrogen) atoms. The van der Waals surface area contributed by atoms with Crippen molar-refractivity contribution in [3.8, 4) is 0 Å². The van der Waals surface area contributed by atoms with Crippen LogP contribution in [0.4, 0.5) is 0 Å². The largest absolute Gasteiger partial charge is 0.504 e. The van der Waals surface area contributed by atoms with E-state index in [1.165, 1.54) is 57.8 Å². The molecule has 0 aromatic carbocycles. The SMILES string of the molecule is CCCCCCCCCCCCO[P+](C)=O. The van der Waals surface area contributed by atoms with Gasteiger partial charge in [0.15, 0.2) is 6.66 Å². The molecule has 0 aliphatic carbocycles. The van der Waals surface area contributed by atoms with Crippen molar-refractivity contribution >= 4 is 8.03 Å².